The van der Waals surface area contributed by atoms with E-state index in [1.807, 2.05) is 6.92 Å². The van der Waals surface area contributed by atoms with Crippen molar-refractivity contribution < 1.29 is 71.2 Å². The van der Waals surface area contributed by atoms with Gasteiger partial charge in [-0.15, -0.1) is 0 Å². The Morgan fingerprint density at radius 2 is 1.35 bits per heavy atom. The molecule has 1 N–H and O–H groups in total. The van der Waals surface area contributed by atoms with E-state index in [4.69, 9.17) is 5.11 Å². The van der Waals surface area contributed by atoms with Crippen molar-refractivity contribution in [3.05, 3.63) is 48.6 Å². The third-order valence-electron chi connectivity index (χ3n) is 1.08. The Bertz CT molecular complexity index is 282. The number of hydrogen-bond donors (Lipinski definition) is 1. The number of carbonyl (C=O) groups is 2. The molecule has 0 aromatic heterocycles. The maximum atomic E-state index is 9.75. The summed E-state index contributed by atoms with van der Waals surface area (Å²) in [6, 6.07) is 0. The molecule has 0 aliphatic heterocycles. The van der Waals surface area contributed by atoms with Gasteiger partial charge in [0.15, 0.2) is 0 Å². The second-order valence-electron chi connectivity index (χ2n) is 2.43. The average Bonchev–Trinajstić information content (AvgIpc) is 2.18. The van der Waals surface area contributed by atoms with Gasteiger partial charge in [-0.25, -0.2) is 4.79 Å². The molecule has 0 saturated carbocycles. The van der Waals surface area contributed by atoms with Crippen molar-refractivity contribution in [1.29, 1.82) is 0 Å². The summed E-state index contributed by atoms with van der Waals surface area (Å²) in [6.07, 6.45) is 11.7. The molecule has 88 valence electrons. The van der Waals surface area contributed by atoms with Crippen LogP contribution in [-0.4, -0.2) is 17.0 Å². The first-order valence-corrected chi connectivity index (χ1v) is 4.57. The van der Waals surface area contributed by atoms with Gasteiger partial charge in [0, 0.05) is 6.08 Å². The molecule has 0 radical (unpaired) electrons. The maximum Gasteiger partial charge on any atom is 1.00 e. The van der Waals surface area contributed by atoms with E-state index in [1.54, 1.807) is 31.2 Å². The summed E-state index contributed by atoms with van der Waals surface area (Å²) < 4.78 is 0. The fourth-order valence-corrected chi connectivity index (χ4v) is 0.494. The average molecular weight is 262 g/mol. The molecule has 0 atom stereocenters. The van der Waals surface area contributed by atoms with Crippen LogP contribution < -0.4 is 56.5 Å². The van der Waals surface area contributed by atoms with E-state index in [0.29, 0.717) is 0 Å². The molecule has 0 amide bonds. The Hall–Kier alpha value is -0.464. The molecule has 17 heavy (non-hydrogen) atoms. The molecule has 0 aliphatic rings. The Labute approximate surface area is 144 Å². The monoisotopic (exact) mass is 262 g/mol. The van der Waals surface area contributed by atoms with E-state index < -0.39 is 11.9 Å². The molecule has 0 bridgehead atoms. The SMILES string of the molecule is C/C=C/C=C/C(=O)O.C/C=C/C=C/C(=O)[O-].[K+]. The number of carboxylic acids is 2. The zero-order valence-electron chi connectivity index (χ0n) is 10.3. The van der Waals surface area contributed by atoms with Crippen molar-refractivity contribution in [2.75, 3.05) is 0 Å². The van der Waals surface area contributed by atoms with Crippen LogP contribution in [0.3, 0.4) is 0 Å². The van der Waals surface area contributed by atoms with Crippen molar-refractivity contribution in [2.45, 2.75) is 13.8 Å². The zero-order chi connectivity index (χ0) is 12.8. The van der Waals surface area contributed by atoms with E-state index in [9.17, 15) is 14.7 Å². The maximum absolute atomic E-state index is 9.75. The minimum atomic E-state index is -1.16. The minimum Gasteiger partial charge on any atom is -0.545 e. The van der Waals surface area contributed by atoms with Crippen molar-refractivity contribution in [1.82, 2.24) is 0 Å². The minimum absolute atomic E-state index is 0. The third kappa shape index (κ3) is 31.3. The van der Waals surface area contributed by atoms with Gasteiger partial charge in [0.25, 0.3) is 0 Å². The summed E-state index contributed by atoms with van der Waals surface area (Å²) in [4.78, 5) is 19.4. The van der Waals surface area contributed by atoms with Gasteiger partial charge in [-0.05, 0) is 19.9 Å². The quantitative estimate of drug-likeness (QED) is 0.364. The van der Waals surface area contributed by atoms with Crippen LogP contribution in [0.1, 0.15) is 13.8 Å². The normalized spacial score (nSPS) is 10.5. The predicted molar refractivity (Wildman–Crippen MR) is 60.6 cm³/mol. The Morgan fingerprint density at radius 1 is 0.941 bits per heavy atom. The molecule has 5 heteroatoms. The predicted octanol–water partition coefficient (Wildman–Crippen LogP) is -1.92. The molecule has 4 nitrogen and oxygen atoms in total. The van der Waals surface area contributed by atoms with Gasteiger partial charge in [-0.1, -0.05) is 36.5 Å². The van der Waals surface area contributed by atoms with Gasteiger partial charge >= 0.3 is 57.4 Å². The zero-order valence-corrected chi connectivity index (χ0v) is 13.4. The van der Waals surface area contributed by atoms with Crippen LogP contribution >= 0.6 is 0 Å². The molecule has 0 rings (SSSR count). The molecule has 0 saturated heterocycles. The van der Waals surface area contributed by atoms with Crippen molar-refractivity contribution in [3.63, 3.8) is 0 Å². The Morgan fingerprint density at radius 3 is 1.65 bits per heavy atom. The fraction of sp³-hybridized carbons (Fsp3) is 0.167. The Kier molecular flexibility index (Phi) is 23.0. The molecular weight excluding hydrogens is 247 g/mol. The number of carbonyl (C=O) groups excluding carboxylic acids is 1. The van der Waals surface area contributed by atoms with Gasteiger partial charge in [-0.2, -0.15) is 0 Å². The van der Waals surface area contributed by atoms with E-state index in [2.05, 4.69) is 0 Å². The smallest absolute Gasteiger partial charge is 0.545 e. The van der Waals surface area contributed by atoms with Crippen LogP contribution in [-0.2, 0) is 9.59 Å². The van der Waals surface area contributed by atoms with E-state index in [-0.39, 0.29) is 51.4 Å². The number of rotatable bonds is 4. The van der Waals surface area contributed by atoms with Crippen LogP contribution in [0.15, 0.2) is 48.6 Å². The topological polar surface area (TPSA) is 77.4 Å². The molecular formula is C12H15KO4. The van der Waals surface area contributed by atoms with Crippen LogP contribution in [0.25, 0.3) is 0 Å². The molecule has 0 heterocycles. The van der Waals surface area contributed by atoms with Crippen LogP contribution in [0.4, 0.5) is 0 Å². The molecule has 0 fully saturated rings. The standard InChI is InChI=1S/2C6H8O2.K/c2*1-2-3-4-5-6(7)8;/h2*2-5H,1H3,(H,7,8);/q;;+1/p-1/b2*3-2+,5-4+;. The summed E-state index contributed by atoms with van der Waals surface area (Å²) in [5.41, 5.74) is 0. The molecule has 0 spiro atoms. The number of carboxylic acid groups (broad SMARTS) is 2. The number of aliphatic carboxylic acids is 2. The van der Waals surface area contributed by atoms with Gasteiger partial charge in [-0.3, -0.25) is 0 Å². The second kappa shape index (κ2) is 17.9. The van der Waals surface area contributed by atoms with Gasteiger partial charge in [0.1, 0.15) is 0 Å². The largest absolute Gasteiger partial charge is 1.00 e. The molecule has 0 aromatic carbocycles. The van der Waals surface area contributed by atoms with Crippen molar-refractivity contribution in [2.24, 2.45) is 0 Å². The molecule has 0 aromatic rings. The summed E-state index contributed by atoms with van der Waals surface area (Å²) in [7, 11) is 0. The summed E-state index contributed by atoms with van der Waals surface area (Å²) >= 11 is 0. The van der Waals surface area contributed by atoms with Crippen LogP contribution in [0.2, 0.25) is 0 Å². The van der Waals surface area contributed by atoms with Gasteiger partial charge < -0.3 is 15.0 Å². The second-order valence-corrected chi connectivity index (χ2v) is 2.43. The van der Waals surface area contributed by atoms with Gasteiger partial charge in [0.2, 0.25) is 0 Å². The molecule has 0 aliphatic carbocycles. The first-order valence-electron chi connectivity index (χ1n) is 4.57. The van der Waals surface area contributed by atoms with Crippen LogP contribution in [0.5, 0.6) is 0 Å². The Balaban J connectivity index is -0.000000218. The first kappa shape index (κ1) is 21.8. The van der Waals surface area contributed by atoms with E-state index in [1.165, 1.54) is 12.2 Å². The van der Waals surface area contributed by atoms with Crippen LogP contribution in [0, 0.1) is 0 Å². The first-order chi connectivity index (χ1) is 7.54. The van der Waals surface area contributed by atoms with Crippen molar-refractivity contribution in [3.8, 4) is 0 Å². The molecule has 0 unspecified atom stereocenters. The number of allylic oxidation sites excluding steroid dienone is 6. The van der Waals surface area contributed by atoms with Crippen molar-refractivity contribution >= 4 is 11.9 Å². The van der Waals surface area contributed by atoms with E-state index in [0.717, 1.165) is 12.2 Å². The van der Waals surface area contributed by atoms with Gasteiger partial charge in [0.05, 0.1) is 5.97 Å². The third-order valence-corrected chi connectivity index (χ3v) is 1.08. The summed E-state index contributed by atoms with van der Waals surface area (Å²) in [6.45, 7) is 3.63. The fourth-order valence-electron chi connectivity index (χ4n) is 0.494. The summed E-state index contributed by atoms with van der Waals surface area (Å²) in [5.74, 6) is -2.08. The van der Waals surface area contributed by atoms with E-state index >= 15 is 0 Å². The number of hydrogen-bond acceptors (Lipinski definition) is 3. The summed E-state index contributed by atoms with van der Waals surface area (Å²) in [5, 5.41) is 17.7.